The Hall–Kier alpha value is -6.52. The van der Waals surface area contributed by atoms with Crippen LogP contribution in [-0.4, -0.2) is 19.1 Å². The third kappa shape index (κ3) is 3.38. The summed E-state index contributed by atoms with van der Waals surface area (Å²) < 4.78 is 4.65. The molecule has 0 aliphatic carbocycles. The molecule has 11 rings (SSSR count). The number of nitrogens with zero attached hydrogens (tertiary/aromatic N) is 4. The Morgan fingerprint density at radius 1 is 0.375 bits per heavy atom. The molecule has 0 fully saturated rings. The number of benzene rings is 8. The standard InChI is InChI=1S/C44H26N4/c1-2-12-28-25-29(22-21-27(28)11-1)47-37-19-9-7-17-34(37)41-39(47)23-24-40-42(41)35-18-8-10-20-38(35)48(40)44-45-26-36-32-15-4-3-13-30(32)31-14-5-6-16-33(31)43(36)46-44/h1-26H. The molecule has 8 aromatic carbocycles. The van der Waals surface area contributed by atoms with Crippen molar-refractivity contribution in [1.29, 1.82) is 0 Å². The third-order valence-corrected chi connectivity index (χ3v) is 10.1. The molecule has 3 heterocycles. The number of para-hydroxylation sites is 2. The fraction of sp³-hybridized carbons (Fsp3) is 0. The van der Waals surface area contributed by atoms with E-state index in [1.807, 2.05) is 6.20 Å². The summed E-state index contributed by atoms with van der Waals surface area (Å²) in [6.45, 7) is 0. The second-order valence-electron chi connectivity index (χ2n) is 12.6. The third-order valence-electron chi connectivity index (χ3n) is 10.1. The van der Waals surface area contributed by atoms with Crippen molar-refractivity contribution in [3.8, 4) is 11.6 Å². The van der Waals surface area contributed by atoms with Gasteiger partial charge in [-0.25, -0.2) is 9.97 Å². The van der Waals surface area contributed by atoms with Gasteiger partial charge in [0.15, 0.2) is 0 Å². The summed E-state index contributed by atoms with van der Waals surface area (Å²) in [6.07, 6.45) is 2.01. The first-order chi connectivity index (χ1) is 23.8. The van der Waals surface area contributed by atoms with Crippen LogP contribution in [0.5, 0.6) is 0 Å². The van der Waals surface area contributed by atoms with Gasteiger partial charge in [-0.2, -0.15) is 0 Å². The molecule has 0 N–H and O–H groups in total. The maximum absolute atomic E-state index is 5.37. The number of fused-ring (bicyclic) bond motifs is 14. The molecule has 0 saturated heterocycles. The van der Waals surface area contributed by atoms with Gasteiger partial charge in [-0.1, -0.05) is 115 Å². The Bertz CT molecular complexity index is 3090. The molecule has 0 bridgehead atoms. The molecule has 0 unspecified atom stereocenters. The van der Waals surface area contributed by atoms with Crippen LogP contribution in [0.4, 0.5) is 0 Å². The topological polar surface area (TPSA) is 35.6 Å². The van der Waals surface area contributed by atoms with E-state index in [0.29, 0.717) is 5.95 Å². The van der Waals surface area contributed by atoms with E-state index in [1.165, 1.54) is 59.5 Å². The van der Waals surface area contributed by atoms with Gasteiger partial charge in [0.25, 0.3) is 0 Å². The molecule has 4 nitrogen and oxygen atoms in total. The lowest BCUT2D eigenvalue weighted by Gasteiger charge is -2.12. The largest absolute Gasteiger partial charge is 0.309 e. The molecule has 0 radical (unpaired) electrons. The van der Waals surface area contributed by atoms with Gasteiger partial charge in [-0.05, 0) is 63.3 Å². The normalized spacial score (nSPS) is 12.2. The minimum Gasteiger partial charge on any atom is -0.309 e. The molecule has 0 saturated carbocycles. The van der Waals surface area contributed by atoms with E-state index in [1.54, 1.807) is 0 Å². The first kappa shape index (κ1) is 25.6. The van der Waals surface area contributed by atoms with E-state index in [0.717, 1.165) is 33.0 Å². The lowest BCUT2D eigenvalue weighted by atomic mass is 9.98. The lowest BCUT2D eigenvalue weighted by molar-refractivity contribution is 1.01. The van der Waals surface area contributed by atoms with Crippen molar-refractivity contribution >= 4 is 86.8 Å². The van der Waals surface area contributed by atoms with Crippen LogP contribution in [0.25, 0.3) is 98.5 Å². The number of aromatic nitrogens is 4. The Labute approximate surface area is 274 Å². The summed E-state index contributed by atoms with van der Waals surface area (Å²) in [5.74, 6) is 0.673. The van der Waals surface area contributed by atoms with Crippen LogP contribution in [0.15, 0.2) is 158 Å². The monoisotopic (exact) mass is 610 g/mol. The fourth-order valence-corrected chi connectivity index (χ4v) is 8.09. The van der Waals surface area contributed by atoms with Gasteiger partial charge < -0.3 is 4.57 Å². The summed E-state index contributed by atoms with van der Waals surface area (Å²) in [4.78, 5) is 10.4. The summed E-state index contributed by atoms with van der Waals surface area (Å²) in [6, 6.07) is 54.4. The van der Waals surface area contributed by atoms with Gasteiger partial charge in [0.2, 0.25) is 5.95 Å². The van der Waals surface area contributed by atoms with Crippen LogP contribution in [-0.2, 0) is 0 Å². The predicted molar refractivity (Wildman–Crippen MR) is 201 cm³/mol. The fourth-order valence-electron chi connectivity index (χ4n) is 8.09. The van der Waals surface area contributed by atoms with E-state index in [4.69, 9.17) is 9.97 Å². The average molecular weight is 611 g/mol. The summed E-state index contributed by atoms with van der Waals surface area (Å²) >= 11 is 0. The van der Waals surface area contributed by atoms with Gasteiger partial charge in [0, 0.05) is 44.2 Å². The first-order valence-corrected chi connectivity index (χ1v) is 16.3. The van der Waals surface area contributed by atoms with Crippen molar-refractivity contribution in [2.75, 3.05) is 0 Å². The minimum atomic E-state index is 0.673. The highest BCUT2D eigenvalue weighted by molar-refractivity contribution is 6.29. The minimum absolute atomic E-state index is 0.673. The molecule has 222 valence electrons. The zero-order valence-electron chi connectivity index (χ0n) is 25.8. The van der Waals surface area contributed by atoms with Crippen molar-refractivity contribution in [3.05, 3.63) is 158 Å². The Kier molecular flexibility index (Phi) is 5.08. The molecule has 0 aliphatic heterocycles. The first-order valence-electron chi connectivity index (χ1n) is 16.3. The maximum atomic E-state index is 5.37. The van der Waals surface area contributed by atoms with Crippen molar-refractivity contribution in [2.24, 2.45) is 0 Å². The SMILES string of the molecule is c1ccc2cc(-n3c4ccccc4c4c5c6ccccc6n(-c6ncc7c8ccccc8c8ccccc8c7n6)c5ccc43)ccc2c1. The second-order valence-corrected chi connectivity index (χ2v) is 12.6. The van der Waals surface area contributed by atoms with Crippen LogP contribution >= 0.6 is 0 Å². The summed E-state index contributed by atoms with van der Waals surface area (Å²) in [7, 11) is 0. The van der Waals surface area contributed by atoms with Gasteiger partial charge in [0.1, 0.15) is 0 Å². The van der Waals surface area contributed by atoms with Crippen molar-refractivity contribution in [1.82, 2.24) is 19.1 Å². The maximum Gasteiger partial charge on any atom is 0.235 e. The van der Waals surface area contributed by atoms with E-state index in [9.17, 15) is 0 Å². The van der Waals surface area contributed by atoms with Crippen LogP contribution < -0.4 is 0 Å². The van der Waals surface area contributed by atoms with Gasteiger partial charge >= 0.3 is 0 Å². The Balaban J connectivity index is 1.26. The highest BCUT2D eigenvalue weighted by atomic mass is 15.2. The zero-order chi connectivity index (χ0) is 31.3. The van der Waals surface area contributed by atoms with Crippen molar-refractivity contribution in [3.63, 3.8) is 0 Å². The molecule has 0 aliphatic rings. The molecule has 4 heteroatoms. The van der Waals surface area contributed by atoms with E-state index in [2.05, 4.69) is 161 Å². The molecule has 0 amide bonds. The Morgan fingerprint density at radius 2 is 0.896 bits per heavy atom. The number of rotatable bonds is 2. The summed E-state index contributed by atoms with van der Waals surface area (Å²) in [5, 5.41) is 13.1. The quantitative estimate of drug-likeness (QED) is 0.183. The number of hydrogen-bond acceptors (Lipinski definition) is 2. The smallest absolute Gasteiger partial charge is 0.235 e. The molecular formula is C44H26N4. The van der Waals surface area contributed by atoms with Crippen molar-refractivity contribution < 1.29 is 0 Å². The van der Waals surface area contributed by atoms with Crippen molar-refractivity contribution in [2.45, 2.75) is 0 Å². The molecule has 0 spiro atoms. The average Bonchev–Trinajstić information content (AvgIpc) is 3.67. The molecular weight excluding hydrogens is 585 g/mol. The lowest BCUT2D eigenvalue weighted by Crippen LogP contribution is -2.01. The van der Waals surface area contributed by atoms with Crippen LogP contribution in [0.3, 0.4) is 0 Å². The van der Waals surface area contributed by atoms with E-state index >= 15 is 0 Å². The van der Waals surface area contributed by atoms with E-state index in [-0.39, 0.29) is 0 Å². The number of hydrogen-bond donors (Lipinski definition) is 0. The zero-order valence-corrected chi connectivity index (χ0v) is 25.8. The molecule has 48 heavy (non-hydrogen) atoms. The Morgan fingerprint density at radius 3 is 1.60 bits per heavy atom. The highest BCUT2D eigenvalue weighted by Crippen LogP contribution is 2.42. The molecule has 3 aromatic heterocycles. The highest BCUT2D eigenvalue weighted by Gasteiger charge is 2.22. The molecule has 11 aromatic rings. The van der Waals surface area contributed by atoms with Crippen LogP contribution in [0.2, 0.25) is 0 Å². The van der Waals surface area contributed by atoms with Crippen LogP contribution in [0, 0.1) is 0 Å². The second kappa shape index (κ2) is 9.50. The summed E-state index contributed by atoms with van der Waals surface area (Å²) in [5.41, 5.74) is 6.67. The van der Waals surface area contributed by atoms with Crippen LogP contribution in [0.1, 0.15) is 0 Å². The molecule has 0 atom stereocenters. The van der Waals surface area contributed by atoms with Gasteiger partial charge in [0.05, 0.1) is 27.6 Å². The van der Waals surface area contributed by atoms with Gasteiger partial charge in [-0.15, -0.1) is 0 Å². The predicted octanol–water partition coefficient (Wildman–Crippen LogP) is 11.3. The van der Waals surface area contributed by atoms with E-state index < -0.39 is 0 Å². The van der Waals surface area contributed by atoms with Gasteiger partial charge in [-0.3, -0.25) is 4.57 Å².